The third kappa shape index (κ3) is 5.16. The zero-order valence-corrected chi connectivity index (χ0v) is 16.7. The first-order chi connectivity index (χ1) is 13.5. The topological polar surface area (TPSA) is 63.9 Å². The van der Waals surface area contributed by atoms with Gasteiger partial charge >= 0.3 is 6.18 Å². The summed E-state index contributed by atoms with van der Waals surface area (Å²) in [6.07, 6.45) is -1.59. The van der Waals surface area contributed by atoms with Gasteiger partial charge in [-0.1, -0.05) is 20.8 Å². The van der Waals surface area contributed by atoms with Gasteiger partial charge in [-0.3, -0.25) is 14.6 Å². The molecule has 1 aliphatic rings. The van der Waals surface area contributed by atoms with Gasteiger partial charge in [0.05, 0.1) is 11.3 Å². The Balaban J connectivity index is 1.57. The molecule has 0 atom stereocenters. The van der Waals surface area contributed by atoms with Crippen molar-refractivity contribution in [2.24, 2.45) is 5.41 Å². The molecule has 0 saturated carbocycles. The summed E-state index contributed by atoms with van der Waals surface area (Å²) in [5.74, 6) is 1.54. The van der Waals surface area contributed by atoms with Gasteiger partial charge in [0, 0.05) is 17.5 Å². The van der Waals surface area contributed by atoms with Crippen molar-refractivity contribution in [3.05, 3.63) is 42.2 Å². The number of alkyl halides is 3. The number of carbonyl (C=O) groups is 1. The molecule has 0 bridgehead atoms. The minimum atomic E-state index is -4.35. The first-order valence-corrected chi connectivity index (χ1v) is 9.46. The molecule has 9 heteroatoms. The molecule has 0 unspecified atom stereocenters. The Morgan fingerprint density at radius 2 is 1.41 bits per heavy atom. The zero-order valence-electron chi connectivity index (χ0n) is 16.7. The van der Waals surface area contributed by atoms with Crippen molar-refractivity contribution in [3.63, 3.8) is 0 Å². The summed E-state index contributed by atoms with van der Waals surface area (Å²) >= 11 is 0. The number of H-pyrrole nitrogens is 2. The summed E-state index contributed by atoms with van der Waals surface area (Å²) in [5.41, 5.74) is -0.454. The number of hydrogen-bond donors (Lipinski definition) is 1. The molecule has 0 spiro atoms. The van der Waals surface area contributed by atoms with E-state index in [9.17, 15) is 18.0 Å². The van der Waals surface area contributed by atoms with Gasteiger partial charge in [-0.05, 0) is 12.1 Å². The van der Waals surface area contributed by atoms with Crippen molar-refractivity contribution in [3.8, 4) is 0 Å². The number of nitrogens with zero attached hydrogens (tertiary/aromatic N) is 2. The summed E-state index contributed by atoms with van der Waals surface area (Å²) in [7, 11) is 0. The van der Waals surface area contributed by atoms with E-state index >= 15 is 0 Å². The van der Waals surface area contributed by atoms with Crippen LogP contribution in [0.2, 0.25) is 0 Å². The van der Waals surface area contributed by atoms with Crippen molar-refractivity contribution in [1.82, 2.24) is 0 Å². The van der Waals surface area contributed by atoms with Crippen LogP contribution >= 0.6 is 0 Å². The Morgan fingerprint density at radius 3 is 1.79 bits per heavy atom. The van der Waals surface area contributed by atoms with Gasteiger partial charge < -0.3 is 5.32 Å². The predicted molar refractivity (Wildman–Crippen MR) is 104 cm³/mol. The van der Waals surface area contributed by atoms with E-state index in [0.717, 1.165) is 31.2 Å². The van der Waals surface area contributed by atoms with Crippen molar-refractivity contribution < 1.29 is 27.9 Å². The number of halogens is 3. The molecule has 1 fully saturated rings. The molecule has 3 N–H and O–H groups in total. The van der Waals surface area contributed by atoms with Crippen molar-refractivity contribution in [1.29, 1.82) is 0 Å². The molecule has 0 aromatic carbocycles. The van der Waals surface area contributed by atoms with E-state index in [1.54, 1.807) is 6.20 Å². The van der Waals surface area contributed by atoms with Crippen LogP contribution in [0.5, 0.6) is 0 Å². The van der Waals surface area contributed by atoms with Gasteiger partial charge in [0.25, 0.3) is 11.6 Å². The number of nitrogens with one attached hydrogen (secondary N) is 3. The lowest BCUT2D eigenvalue weighted by Crippen LogP contribution is -2.49. The summed E-state index contributed by atoms with van der Waals surface area (Å²) < 4.78 is 38.1. The molecule has 156 valence electrons. The fourth-order valence-corrected chi connectivity index (χ4v) is 2.99. The van der Waals surface area contributed by atoms with E-state index in [2.05, 4.69) is 20.2 Å². The van der Waals surface area contributed by atoms with Crippen LogP contribution in [0.4, 0.5) is 30.5 Å². The normalized spacial score (nSPS) is 15.4. The maximum atomic E-state index is 12.7. The summed E-state index contributed by atoms with van der Waals surface area (Å²) in [4.78, 5) is 22.2. The van der Waals surface area contributed by atoms with Gasteiger partial charge in [0.2, 0.25) is 5.91 Å². The fraction of sp³-hybridized carbons (Fsp3) is 0.450. The lowest BCUT2D eigenvalue weighted by Gasteiger charge is -2.26. The van der Waals surface area contributed by atoms with Crippen LogP contribution in [0.1, 0.15) is 26.3 Å². The van der Waals surface area contributed by atoms with Crippen LogP contribution in [0.25, 0.3) is 0 Å². The molecule has 0 aliphatic carbocycles. The van der Waals surface area contributed by atoms with Crippen molar-refractivity contribution in [2.45, 2.75) is 26.9 Å². The van der Waals surface area contributed by atoms with Gasteiger partial charge in [0.15, 0.2) is 0 Å². The number of pyridine rings is 2. The number of amides is 1. The number of aromatic nitrogens is 2. The Hall–Kier alpha value is -2.84. The van der Waals surface area contributed by atoms with Crippen LogP contribution in [-0.4, -0.2) is 32.1 Å². The SMILES string of the molecule is CC(C)(C)C(=O)Nc1ccc(N2CCN(c3ccc(C(F)(F)F)c[nH+]3)CC2)[nH+]c1. The molecule has 6 nitrogen and oxygen atoms in total. The largest absolute Gasteiger partial charge is 0.419 e. The summed E-state index contributed by atoms with van der Waals surface area (Å²) in [5, 5.41) is 2.87. The Labute approximate surface area is 167 Å². The minimum Gasteiger partial charge on any atom is -0.323 e. The average Bonchev–Trinajstić information content (AvgIpc) is 2.67. The third-order valence-electron chi connectivity index (χ3n) is 4.82. The van der Waals surface area contributed by atoms with Crippen LogP contribution in [-0.2, 0) is 11.0 Å². The van der Waals surface area contributed by atoms with Gasteiger partial charge in [-0.2, -0.15) is 13.2 Å². The Kier molecular flexibility index (Phi) is 5.68. The maximum absolute atomic E-state index is 12.7. The number of rotatable bonds is 3. The zero-order chi connectivity index (χ0) is 21.2. The number of piperazine rings is 1. The quantitative estimate of drug-likeness (QED) is 0.848. The average molecular weight is 409 g/mol. The van der Waals surface area contributed by atoms with E-state index < -0.39 is 17.2 Å². The Morgan fingerprint density at radius 1 is 0.897 bits per heavy atom. The van der Waals surface area contributed by atoms with Crippen LogP contribution in [0.3, 0.4) is 0 Å². The van der Waals surface area contributed by atoms with Crippen molar-refractivity contribution >= 4 is 23.2 Å². The molecular formula is C20H26F3N5O+2. The first-order valence-electron chi connectivity index (χ1n) is 9.46. The lowest BCUT2D eigenvalue weighted by molar-refractivity contribution is -0.368. The molecule has 1 amide bonds. The van der Waals surface area contributed by atoms with Gasteiger partial charge in [-0.15, -0.1) is 0 Å². The second kappa shape index (κ2) is 7.88. The van der Waals surface area contributed by atoms with Crippen LogP contribution < -0.4 is 25.1 Å². The molecule has 3 rings (SSSR count). The van der Waals surface area contributed by atoms with E-state index in [1.165, 1.54) is 6.07 Å². The molecule has 0 radical (unpaired) electrons. The van der Waals surface area contributed by atoms with E-state index in [4.69, 9.17) is 0 Å². The molecule has 1 aliphatic heterocycles. The summed E-state index contributed by atoms with van der Waals surface area (Å²) in [6.45, 7) is 8.37. The Bertz CT molecular complexity index is 836. The van der Waals surface area contributed by atoms with Crippen LogP contribution in [0, 0.1) is 5.41 Å². The van der Waals surface area contributed by atoms with Crippen molar-refractivity contribution in [2.75, 3.05) is 41.3 Å². The van der Waals surface area contributed by atoms with Gasteiger partial charge in [-0.25, -0.2) is 9.97 Å². The monoisotopic (exact) mass is 409 g/mol. The highest BCUT2D eigenvalue weighted by Gasteiger charge is 2.33. The highest BCUT2D eigenvalue weighted by atomic mass is 19.4. The van der Waals surface area contributed by atoms with E-state index in [0.29, 0.717) is 24.6 Å². The fourth-order valence-electron chi connectivity index (χ4n) is 2.99. The lowest BCUT2D eigenvalue weighted by atomic mass is 9.96. The molecule has 2 aromatic rings. The predicted octanol–water partition coefficient (Wildman–Crippen LogP) is 2.64. The highest BCUT2D eigenvalue weighted by Crippen LogP contribution is 2.28. The number of carbonyl (C=O) groups excluding carboxylic acids is 1. The highest BCUT2D eigenvalue weighted by molar-refractivity contribution is 5.94. The second-order valence-corrected chi connectivity index (χ2v) is 8.10. The molecule has 2 aromatic heterocycles. The number of hydrogen-bond acceptors (Lipinski definition) is 3. The molecular weight excluding hydrogens is 383 g/mol. The second-order valence-electron chi connectivity index (χ2n) is 8.10. The number of anilines is 3. The standard InChI is InChI=1S/C20H24F3N5O/c1-19(2,3)18(29)26-15-5-7-17(25-13-15)28-10-8-27(9-11-28)16-6-4-14(12-24-16)20(21,22)23/h4-7,12-13H,8-11H2,1-3H3,(H,26,29)/p+2. The summed E-state index contributed by atoms with van der Waals surface area (Å²) in [6, 6.07) is 6.33. The maximum Gasteiger partial charge on any atom is 0.419 e. The van der Waals surface area contributed by atoms with Crippen LogP contribution in [0.15, 0.2) is 36.7 Å². The van der Waals surface area contributed by atoms with Gasteiger partial charge in [0.1, 0.15) is 38.6 Å². The number of aromatic amines is 2. The minimum absolute atomic E-state index is 0.0555. The third-order valence-corrected chi connectivity index (χ3v) is 4.82. The van der Waals surface area contributed by atoms with E-state index in [1.807, 2.05) is 37.8 Å². The van der Waals surface area contributed by atoms with E-state index in [-0.39, 0.29) is 5.91 Å². The smallest absolute Gasteiger partial charge is 0.323 e. The first kappa shape index (κ1) is 20.9. The molecule has 1 saturated heterocycles. The molecule has 29 heavy (non-hydrogen) atoms. The molecule has 3 heterocycles.